The Morgan fingerprint density at radius 3 is 2.00 bits per heavy atom. The van der Waals surface area contributed by atoms with Crippen LogP contribution in [0, 0.1) is 17.3 Å². The minimum atomic E-state index is 0.342. The van der Waals surface area contributed by atoms with Gasteiger partial charge in [-0.05, 0) is 68.9 Å². The Morgan fingerprint density at radius 2 is 1.60 bits per heavy atom. The van der Waals surface area contributed by atoms with Gasteiger partial charge in [-0.2, -0.15) is 0 Å². The molecule has 1 saturated carbocycles. The van der Waals surface area contributed by atoms with Gasteiger partial charge in [0, 0.05) is 12.1 Å². The lowest BCUT2D eigenvalue weighted by atomic mass is 9.71. The van der Waals surface area contributed by atoms with Gasteiger partial charge in [0.2, 0.25) is 0 Å². The second kappa shape index (κ2) is 6.36. The van der Waals surface area contributed by atoms with Crippen LogP contribution in [0.25, 0.3) is 0 Å². The van der Waals surface area contributed by atoms with Gasteiger partial charge in [-0.15, -0.1) is 0 Å². The van der Waals surface area contributed by atoms with E-state index in [4.69, 9.17) is 5.73 Å². The van der Waals surface area contributed by atoms with Crippen molar-refractivity contribution in [3.05, 3.63) is 0 Å². The molecular weight excluding hydrogens is 244 g/mol. The Hall–Kier alpha value is -0.0800. The summed E-state index contributed by atoms with van der Waals surface area (Å²) in [5.41, 5.74) is 7.05. The lowest BCUT2D eigenvalue weighted by molar-refractivity contribution is -0.000858. The normalized spacial score (nSPS) is 34.4. The van der Waals surface area contributed by atoms with Crippen LogP contribution in [-0.4, -0.2) is 30.1 Å². The van der Waals surface area contributed by atoms with Crippen molar-refractivity contribution in [2.24, 2.45) is 23.0 Å². The van der Waals surface area contributed by atoms with Crippen LogP contribution in [0.15, 0.2) is 0 Å². The standard InChI is InChI=1S/C18H36N2/c1-5-15-6-10-18(14-19,11-7-15)20-12-8-16(9-13-20)17(2,3)4/h15-16H,5-14,19H2,1-4H3. The second-order valence-electron chi connectivity index (χ2n) is 8.41. The van der Waals surface area contributed by atoms with Crippen molar-refractivity contribution in [3.63, 3.8) is 0 Å². The summed E-state index contributed by atoms with van der Waals surface area (Å²) in [6, 6.07) is 0. The molecule has 0 unspecified atom stereocenters. The third kappa shape index (κ3) is 3.39. The lowest BCUT2D eigenvalue weighted by Gasteiger charge is -2.51. The van der Waals surface area contributed by atoms with Gasteiger partial charge >= 0.3 is 0 Å². The fourth-order valence-corrected chi connectivity index (χ4v) is 4.49. The van der Waals surface area contributed by atoms with Gasteiger partial charge in [0.05, 0.1) is 0 Å². The van der Waals surface area contributed by atoms with E-state index in [0.29, 0.717) is 11.0 Å². The zero-order valence-corrected chi connectivity index (χ0v) is 14.3. The van der Waals surface area contributed by atoms with Crippen LogP contribution in [0.3, 0.4) is 0 Å². The summed E-state index contributed by atoms with van der Waals surface area (Å²) in [5.74, 6) is 1.85. The maximum Gasteiger partial charge on any atom is 0.0331 e. The van der Waals surface area contributed by atoms with Crippen molar-refractivity contribution in [2.45, 2.75) is 78.2 Å². The van der Waals surface area contributed by atoms with Crippen LogP contribution >= 0.6 is 0 Å². The SMILES string of the molecule is CCC1CCC(CN)(N2CCC(C(C)(C)C)CC2)CC1. The van der Waals surface area contributed by atoms with Crippen molar-refractivity contribution in [3.8, 4) is 0 Å². The Labute approximate surface area is 126 Å². The molecule has 0 aromatic carbocycles. The smallest absolute Gasteiger partial charge is 0.0331 e. The van der Waals surface area contributed by atoms with Gasteiger partial charge in [-0.3, -0.25) is 4.90 Å². The summed E-state index contributed by atoms with van der Waals surface area (Å²) in [6.07, 6.45) is 9.54. The molecule has 1 aliphatic carbocycles. The average molecular weight is 281 g/mol. The van der Waals surface area contributed by atoms with Crippen molar-refractivity contribution >= 4 is 0 Å². The Kier molecular flexibility index (Phi) is 5.18. The van der Waals surface area contributed by atoms with Crippen LogP contribution in [0.5, 0.6) is 0 Å². The average Bonchev–Trinajstić information content (AvgIpc) is 2.46. The molecule has 2 rings (SSSR count). The van der Waals surface area contributed by atoms with Crippen LogP contribution < -0.4 is 5.73 Å². The third-order valence-electron chi connectivity index (χ3n) is 6.38. The number of nitrogens with two attached hydrogens (primary N) is 1. The van der Waals surface area contributed by atoms with E-state index in [0.717, 1.165) is 18.4 Å². The lowest BCUT2D eigenvalue weighted by Crippen LogP contribution is -2.58. The highest BCUT2D eigenvalue weighted by Gasteiger charge is 2.41. The van der Waals surface area contributed by atoms with E-state index in [9.17, 15) is 0 Å². The maximum absolute atomic E-state index is 6.23. The van der Waals surface area contributed by atoms with Gasteiger partial charge < -0.3 is 5.73 Å². The zero-order valence-electron chi connectivity index (χ0n) is 14.3. The number of rotatable bonds is 3. The third-order valence-corrected chi connectivity index (χ3v) is 6.38. The van der Waals surface area contributed by atoms with Crippen molar-refractivity contribution < 1.29 is 0 Å². The van der Waals surface area contributed by atoms with Crippen molar-refractivity contribution in [1.82, 2.24) is 4.90 Å². The Morgan fingerprint density at radius 1 is 1.05 bits per heavy atom. The van der Waals surface area contributed by atoms with Crippen LogP contribution in [0.2, 0.25) is 0 Å². The van der Waals surface area contributed by atoms with E-state index in [1.165, 1.54) is 58.0 Å². The van der Waals surface area contributed by atoms with Gasteiger partial charge in [-0.1, -0.05) is 34.1 Å². The monoisotopic (exact) mass is 280 g/mol. The fraction of sp³-hybridized carbons (Fsp3) is 1.00. The number of likely N-dealkylation sites (tertiary alicyclic amines) is 1. The molecule has 1 heterocycles. The Bertz CT molecular complexity index is 289. The van der Waals surface area contributed by atoms with E-state index in [-0.39, 0.29) is 0 Å². The maximum atomic E-state index is 6.23. The molecule has 1 aliphatic heterocycles. The Balaban J connectivity index is 1.94. The second-order valence-corrected chi connectivity index (χ2v) is 8.41. The number of nitrogens with zero attached hydrogens (tertiary/aromatic N) is 1. The first kappa shape index (κ1) is 16.3. The molecule has 2 heteroatoms. The van der Waals surface area contributed by atoms with Crippen molar-refractivity contribution in [2.75, 3.05) is 19.6 Å². The van der Waals surface area contributed by atoms with Crippen LogP contribution in [0.4, 0.5) is 0 Å². The molecule has 0 aromatic rings. The van der Waals surface area contributed by atoms with Gasteiger partial charge in [0.15, 0.2) is 0 Å². The summed E-state index contributed by atoms with van der Waals surface area (Å²) in [6.45, 7) is 13.0. The molecule has 1 saturated heterocycles. The zero-order chi connectivity index (χ0) is 14.8. The molecule has 118 valence electrons. The predicted octanol–water partition coefficient (Wildman–Crippen LogP) is 4.04. The number of hydrogen-bond acceptors (Lipinski definition) is 2. The molecule has 0 radical (unpaired) electrons. The molecule has 2 N–H and O–H groups in total. The number of hydrogen-bond donors (Lipinski definition) is 1. The first-order chi connectivity index (χ1) is 9.41. The summed E-state index contributed by atoms with van der Waals surface area (Å²) in [5, 5.41) is 0. The van der Waals surface area contributed by atoms with E-state index in [1.807, 2.05) is 0 Å². The summed E-state index contributed by atoms with van der Waals surface area (Å²) >= 11 is 0. The minimum absolute atomic E-state index is 0.342. The highest BCUT2D eigenvalue weighted by atomic mass is 15.2. The van der Waals surface area contributed by atoms with E-state index in [2.05, 4.69) is 32.6 Å². The minimum Gasteiger partial charge on any atom is -0.329 e. The largest absolute Gasteiger partial charge is 0.329 e. The summed E-state index contributed by atoms with van der Waals surface area (Å²) < 4.78 is 0. The topological polar surface area (TPSA) is 29.3 Å². The highest BCUT2D eigenvalue weighted by Crippen LogP contribution is 2.41. The van der Waals surface area contributed by atoms with E-state index < -0.39 is 0 Å². The van der Waals surface area contributed by atoms with E-state index in [1.54, 1.807) is 0 Å². The molecule has 0 amide bonds. The van der Waals surface area contributed by atoms with Gasteiger partial charge in [-0.25, -0.2) is 0 Å². The van der Waals surface area contributed by atoms with Crippen molar-refractivity contribution in [1.29, 1.82) is 0 Å². The predicted molar refractivity (Wildman–Crippen MR) is 87.8 cm³/mol. The molecule has 0 atom stereocenters. The van der Waals surface area contributed by atoms with E-state index >= 15 is 0 Å². The molecule has 2 fully saturated rings. The molecule has 0 bridgehead atoms. The molecule has 0 aromatic heterocycles. The van der Waals surface area contributed by atoms with Gasteiger partial charge in [0.25, 0.3) is 0 Å². The first-order valence-electron chi connectivity index (χ1n) is 8.86. The quantitative estimate of drug-likeness (QED) is 0.845. The van der Waals surface area contributed by atoms with Crippen LogP contribution in [0.1, 0.15) is 72.6 Å². The molecule has 2 aliphatic rings. The molecule has 20 heavy (non-hydrogen) atoms. The number of piperidine rings is 1. The fourth-order valence-electron chi connectivity index (χ4n) is 4.49. The molecular formula is C18H36N2. The summed E-state index contributed by atoms with van der Waals surface area (Å²) in [4.78, 5) is 2.76. The van der Waals surface area contributed by atoms with Gasteiger partial charge in [0.1, 0.15) is 0 Å². The molecule has 0 spiro atoms. The first-order valence-corrected chi connectivity index (χ1v) is 8.86. The molecule has 2 nitrogen and oxygen atoms in total. The highest BCUT2D eigenvalue weighted by molar-refractivity contribution is 4.98. The summed E-state index contributed by atoms with van der Waals surface area (Å²) in [7, 11) is 0. The van der Waals surface area contributed by atoms with Crippen LogP contribution in [-0.2, 0) is 0 Å².